The number of hydrogen-bond donors (Lipinski definition) is 0. The molecule has 0 amide bonds. The number of aryl methyl sites for hydroxylation is 1. The number of likely N-dealkylation sites (N-methyl/N-ethyl adjacent to an activating group) is 1. The molecule has 2 aliphatic heterocycles. The van der Waals surface area contributed by atoms with Crippen molar-refractivity contribution in [2.75, 3.05) is 38.6 Å². The van der Waals surface area contributed by atoms with Crippen LogP contribution in [-0.2, 0) is 6.42 Å². The number of anilines is 1. The van der Waals surface area contributed by atoms with E-state index in [9.17, 15) is 0 Å². The van der Waals surface area contributed by atoms with Gasteiger partial charge in [0, 0.05) is 43.6 Å². The molecular weight excluding hydrogens is 310 g/mol. The van der Waals surface area contributed by atoms with Crippen molar-refractivity contribution in [3.63, 3.8) is 0 Å². The summed E-state index contributed by atoms with van der Waals surface area (Å²) in [4.78, 5) is 16.9. The molecule has 25 heavy (non-hydrogen) atoms. The molecule has 1 aromatic heterocycles. The van der Waals surface area contributed by atoms with Gasteiger partial charge in [-0.25, -0.2) is 9.97 Å². The Hall–Kier alpha value is -1.20. The van der Waals surface area contributed by atoms with Crippen LogP contribution in [-0.4, -0.2) is 71.6 Å². The van der Waals surface area contributed by atoms with Crippen LogP contribution in [0.3, 0.4) is 0 Å². The monoisotopic (exact) mass is 345 g/mol. The molecule has 1 aromatic rings. The van der Waals surface area contributed by atoms with Gasteiger partial charge in [0.1, 0.15) is 0 Å². The highest BCUT2D eigenvalue weighted by atomic mass is 15.4. The van der Waals surface area contributed by atoms with Crippen LogP contribution in [0.2, 0.25) is 0 Å². The van der Waals surface area contributed by atoms with Gasteiger partial charge in [0.2, 0.25) is 5.95 Å². The van der Waals surface area contributed by atoms with Crippen molar-refractivity contribution in [2.24, 2.45) is 0 Å². The summed E-state index contributed by atoms with van der Waals surface area (Å²) in [5.74, 6) is 0.943. The van der Waals surface area contributed by atoms with E-state index in [-0.39, 0.29) is 0 Å². The number of piperazine rings is 1. The first-order valence-electron chi connectivity index (χ1n) is 10.1. The number of nitrogens with zero attached hydrogens (tertiary/aromatic N) is 5. The standard InChI is InChI=1S/C20H35N5/c1-5-17(6-2)24(4)11-7-8-16-12-21-20(22-13-16)25-18-9-10-19(25)15-23(3)14-18/h12-13,17-19H,5-11,14-15H2,1-4H3. The van der Waals surface area contributed by atoms with Crippen molar-refractivity contribution in [3.05, 3.63) is 18.0 Å². The van der Waals surface area contributed by atoms with Crippen molar-refractivity contribution in [3.8, 4) is 0 Å². The van der Waals surface area contributed by atoms with Gasteiger partial charge < -0.3 is 14.7 Å². The predicted octanol–water partition coefficient (Wildman–Crippen LogP) is 2.81. The predicted molar refractivity (Wildman–Crippen MR) is 104 cm³/mol. The number of likely N-dealkylation sites (tertiary alicyclic amines) is 1. The molecule has 2 saturated heterocycles. The van der Waals surface area contributed by atoms with Crippen molar-refractivity contribution >= 4 is 5.95 Å². The minimum absolute atomic E-state index is 0.600. The molecule has 2 bridgehead atoms. The van der Waals surface area contributed by atoms with E-state index in [4.69, 9.17) is 9.97 Å². The molecule has 0 spiro atoms. The molecule has 2 aliphatic rings. The minimum atomic E-state index is 0.600. The third-order valence-electron chi connectivity index (χ3n) is 6.13. The van der Waals surface area contributed by atoms with E-state index in [2.05, 4.69) is 55.0 Å². The van der Waals surface area contributed by atoms with E-state index >= 15 is 0 Å². The Morgan fingerprint density at radius 2 is 1.72 bits per heavy atom. The van der Waals surface area contributed by atoms with E-state index in [0.29, 0.717) is 18.1 Å². The average Bonchev–Trinajstić information content (AvgIpc) is 2.88. The molecule has 2 atom stereocenters. The van der Waals surface area contributed by atoms with Crippen LogP contribution in [0.4, 0.5) is 5.95 Å². The zero-order valence-corrected chi connectivity index (χ0v) is 16.5. The first-order valence-corrected chi connectivity index (χ1v) is 10.1. The molecule has 0 saturated carbocycles. The Morgan fingerprint density at radius 3 is 2.28 bits per heavy atom. The second-order valence-electron chi connectivity index (χ2n) is 7.96. The quantitative estimate of drug-likeness (QED) is 0.724. The first kappa shape index (κ1) is 18.6. The highest BCUT2D eigenvalue weighted by molar-refractivity contribution is 5.37. The molecule has 0 aliphatic carbocycles. The number of hydrogen-bond acceptors (Lipinski definition) is 5. The minimum Gasteiger partial charge on any atom is -0.332 e. The van der Waals surface area contributed by atoms with Crippen LogP contribution in [0.25, 0.3) is 0 Å². The molecule has 140 valence electrons. The maximum absolute atomic E-state index is 4.72. The van der Waals surface area contributed by atoms with Gasteiger partial charge in [-0.3, -0.25) is 0 Å². The molecule has 0 aromatic carbocycles. The van der Waals surface area contributed by atoms with Crippen molar-refractivity contribution in [2.45, 2.75) is 70.5 Å². The average molecular weight is 346 g/mol. The van der Waals surface area contributed by atoms with E-state index in [1.165, 1.54) is 37.7 Å². The Balaban J connectivity index is 1.51. The van der Waals surface area contributed by atoms with Gasteiger partial charge in [0.05, 0.1) is 0 Å². The molecule has 0 radical (unpaired) electrons. The van der Waals surface area contributed by atoms with Gasteiger partial charge >= 0.3 is 0 Å². The smallest absolute Gasteiger partial charge is 0.225 e. The van der Waals surface area contributed by atoms with Gasteiger partial charge in [-0.1, -0.05) is 13.8 Å². The van der Waals surface area contributed by atoms with Crippen LogP contribution < -0.4 is 4.90 Å². The third kappa shape index (κ3) is 4.32. The number of rotatable bonds is 8. The van der Waals surface area contributed by atoms with Gasteiger partial charge in [-0.05, 0) is 64.7 Å². The molecule has 3 heterocycles. The SMILES string of the molecule is CCC(CC)N(C)CCCc1cnc(N2C3CCC2CN(C)C3)nc1. The summed E-state index contributed by atoms with van der Waals surface area (Å²) in [7, 11) is 4.48. The van der Waals surface area contributed by atoms with Crippen LogP contribution in [0, 0.1) is 0 Å². The lowest BCUT2D eigenvalue weighted by atomic mass is 10.1. The molecule has 2 fully saturated rings. The molecule has 5 heteroatoms. The Morgan fingerprint density at radius 1 is 1.12 bits per heavy atom. The molecule has 3 rings (SSSR count). The summed E-state index contributed by atoms with van der Waals surface area (Å²) in [6, 6.07) is 1.91. The maximum Gasteiger partial charge on any atom is 0.225 e. The molecule has 2 unspecified atom stereocenters. The summed E-state index contributed by atoms with van der Waals surface area (Å²) in [6.07, 6.45) is 11.4. The van der Waals surface area contributed by atoms with Crippen LogP contribution in [0.15, 0.2) is 12.4 Å². The van der Waals surface area contributed by atoms with Crippen molar-refractivity contribution in [1.29, 1.82) is 0 Å². The summed E-state index contributed by atoms with van der Waals surface area (Å²) < 4.78 is 0. The van der Waals surface area contributed by atoms with E-state index in [1.54, 1.807) is 0 Å². The molecule has 0 N–H and O–H groups in total. The fourth-order valence-corrected chi connectivity index (χ4v) is 4.68. The summed E-state index contributed by atoms with van der Waals surface area (Å²) >= 11 is 0. The Kier molecular flexibility index (Phi) is 6.29. The summed E-state index contributed by atoms with van der Waals surface area (Å²) in [5.41, 5.74) is 1.27. The Labute approximate surface area is 153 Å². The fourth-order valence-electron chi connectivity index (χ4n) is 4.68. The summed E-state index contributed by atoms with van der Waals surface area (Å²) in [6.45, 7) is 8.00. The highest BCUT2D eigenvalue weighted by Gasteiger charge is 2.39. The largest absolute Gasteiger partial charge is 0.332 e. The third-order valence-corrected chi connectivity index (χ3v) is 6.13. The maximum atomic E-state index is 4.72. The lowest BCUT2D eigenvalue weighted by Crippen LogP contribution is -2.53. The fraction of sp³-hybridized carbons (Fsp3) is 0.800. The second kappa shape index (κ2) is 8.45. The van der Waals surface area contributed by atoms with Crippen molar-refractivity contribution in [1.82, 2.24) is 19.8 Å². The summed E-state index contributed by atoms with van der Waals surface area (Å²) in [5, 5.41) is 0. The lowest BCUT2D eigenvalue weighted by Gasteiger charge is -2.39. The highest BCUT2D eigenvalue weighted by Crippen LogP contribution is 2.32. The van der Waals surface area contributed by atoms with Crippen LogP contribution in [0.1, 0.15) is 51.5 Å². The van der Waals surface area contributed by atoms with E-state index in [1.807, 2.05) is 0 Å². The van der Waals surface area contributed by atoms with Crippen molar-refractivity contribution < 1.29 is 0 Å². The zero-order valence-electron chi connectivity index (χ0n) is 16.5. The van der Waals surface area contributed by atoms with Crippen LogP contribution in [0.5, 0.6) is 0 Å². The topological polar surface area (TPSA) is 35.5 Å². The van der Waals surface area contributed by atoms with Gasteiger partial charge in [0.15, 0.2) is 0 Å². The Bertz CT molecular complexity index is 513. The van der Waals surface area contributed by atoms with Gasteiger partial charge in [-0.2, -0.15) is 0 Å². The second-order valence-corrected chi connectivity index (χ2v) is 7.96. The van der Waals surface area contributed by atoms with Gasteiger partial charge in [0.25, 0.3) is 0 Å². The van der Waals surface area contributed by atoms with E-state index in [0.717, 1.165) is 32.0 Å². The molecule has 5 nitrogen and oxygen atoms in total. The zero-order chi connectivity index (χ0) is 17.8. The van der Waals surface area contributed by atoms with Crippen LogP contribution >= 0.6 is 0 Å². The van der Waals surface area contributed by atoms with E-state index < -0.39 is 0 Å². The number of aromatic nitrogens is 2. The normalized spacial score (nSPS) is 23.8. The number of fused-ring (bicyclic) bond motifs is 2. The lowest BCUT2D eigenvalue weighted by molar-refractivity contribution is 0.227. The van der Waals surface area contributed by atoms with Gasteiger partial charge in [-0.15, -0.1) is 0 Å². The first-order chi connectivity index (χ1) is 12.1. The molecular formula is C20H35N5.